The van der Waals surface area contributed by atoms with Crippen LogP contribution in [-0.2, 0) is 33.3 Å². The molecule has 0 aliphatic carbocycles. The molecule has 7 nitrogen and oxygen atoms in total. The fourth-order valence-corrected chi connectivity index (χ4v) is 2.36. The zero-order valence-corrected chi connectivity index (χ0v) is 13.1. The first kappa shape index (κ1) is 18.2. The lowest BCUT2D eigenvalue weighted by molar-refractivity contribution is -0.214. The minimum Gasteiger partial charge on any atom is -0.463 e. The quantitative estimate of drug-likeness (QED) is 0.413. The molecular formula is C15H22O7. The summed E-state index contributed by atoms with van der Waals surface area (Å²) in [7, 11) is 0. The van der Waals surface area contributed by atoms with Gasteiger partial charge >= 0.3 is 17.9 Å². The van der Waals surface area contributed by atoms with Gasteiger partial charge in [-0.3, -0.25) is 14.4 Å². The molecule has 0 radical (unpaired) electrons. The van der Waals surface area contributed by atoms with Crippen molar-refractivity contribution in [2.24, 2.45) is 0 Å². The van der Waals surface area contributed by atoms with Gasteiger partial charge in [0.25, 0.3) is 0 Å². The molecule has 0 bridgehead atoms. The highest BCUT2D eigenvalue weighted by molar-refractivity contribution is 5.67. The van der Waals surface area contributed by atoms with Gasteiger partial charge in [0.15, 0.2) is 6.10 Å². The smallest absolute Gasteiger partial charge is 0.303 e. The van der Waals surface area contributed by atoms with Gasteiger partial charge in [0.2, 0.25) is 0 Å². The van der Waals surface area contributed by atoms with Crippen LogP contribution in [-0.4, -0.2) is 48.9 Å². The Hall–Kier alpha value is -1.89. The van der Waals surface area contributed by atoms with Crippen molar-refractivity contribution in [2.45, 2.75) is 58.0 Å². The molecule has 1 heterocycles. The van der Waals surface area contributed by atoms with Crippen molar-refractivity contribution >= 4 is 17.9 Å². The Morgan fingerprint density at radius 1 is 1.14 bits per heavy atom. The number of carbonyl (C=O) groups excluding carboxylic acids is 3. The van der Waals surface area contributed by atoms with Crippen LogP contribution < -0.4 is 0 Å². The Bertz CT molecular complexity index is 432. The number of rotatable bonds is 6. The summed E-state index contributed by atoms with van der Waals surface area (Å²) in [4.78, 5) is 33.6. The number of carbonyl (C=O) groups is 3. The van der Waals surface area contributed by atoms with Crippen molar-refractivity contribution < 1.29 is 33.3 Å². The molecule has 0 saturated carbocycles. The normalized spacial score (nSPS) is 27.6. The van der Waals surface area contributed by atoms with Crippen LogP contribution in [0.4, 0.5) is 0 Å². The van der Waals surface area contributed by atoms with Crippen molar-refractivity contribution in [1.29, 1.82) is 0 Å². The van der Waals surface area contributed by atoms with E-state index in [1.54, 1.807) is 6.08 Å². The van der Waals surface area contributed by atoms with Gasteiger partial charge in [-0.05, 0) is 6.42 Å². The summed E-state index contributed by atoms with van der Waals surface area (Å²) < 4.78 is 21.2. The van der Waals surface area contributed by atoms with E-state index in [0.717, 1.165) is 0 Å². The maximum Gasteiger partial charge on any atom is 0.303 e. The van der Waals surface area contributed by atoms with Gasteiger partial charge in [-0.15, -0.1) is 6.58 Å². The molecule has 0 unspecified atom stereocenters. The maximum atomic E-state index is 11.3. The summed E-state index contributed by atoms with van der Waals surface area (Å²) in [6.07, 6.45) is 0.179. The minimum absolute atomic E-state index is 0.0846. The molecule has 1 rings (SSSR count). The molecule has 0 spiro atoms. The first-order valence-electron chi connectivity index (χ1n) is 7.07. The highest BCUT2D eigenvalue weighted by Crippen LogP contribution is 2.28. The van der Waals surface area contributed by atoms with E-state index in [9.17, 15) is 14.4 Å². The SMILES string of the molecule is C=CC[C@H]1C[C@@H](OC(C)=O)[C@H](OC(C)=O)[C@@H](COC(C)=O)O1. The third-order valence-electron chi connectivity index (χ3n) is 3.10. The molecule has 1 aliphatic heterocycles. The van der Waals surface area contributed by atoms with Crippen molar-refractivity contribution in [3.05, 3.63) is 12.7 Å². The Morgan fingerprint density at radius 2 is 1.77 bits per heavy atom. The standard InChI is InChI=1S/C15H22O7/c1-5-6-12-7-13(20-10(3)17)15(21-11(4)18)14(22-12)8-19-9(2)16/h5,12-15H,1,6-8H2,2-4H3/t12-,13+,14+,15-/m0/s1. The molecule has 1 saturated heterocycles. The molecule has 0 N–H and O–H groups in total. The van der Waals surface area contributed by atoms with E-state index in [0.29, 0.717) is 12.8 Å². The van der Waals surface area contributed by atoms with Crippen molar-refractivity contribution in [1.82, 2.24) is 0 Å². The average Bonchev–Trinajstić information content (AvgIpc) is 2.38. The summed E-state index contributed by atoms with van der Waals surface area (Å²) in [5.41, 5.74) is 0. The van der Waals surface area contributed by atoms with E-state index < -0.39 is 36.2 Å². The Labute approximate surface area is 129 Å². The summed E-state index contributed by atoms with van der Waals surface area (Å²) in [5.74, 6) is -1.48. The molecule has 4 atom stereocenters. The molecule has 0 aromatic carbocycles. The molecule has 1 fully saturated rings. The summed E-state index contributed by atoms with van der Waals surface area (Å²) in [5, 5.41) is 0. The van der Waals surface area contributed by atoms with Crippen LogP contribution in [0.5, 0.6) is 0 Å². The van der Waals surface area contributed by atoms with E-state index in [1.165, 1.54) is 20.8 Å². The Morgan fingerprint density at radius 3 is 2.27 bits per heavy atom. The predicted octanol–water partition coefficient (Wildman–Crippen LogP) is 1.15. The first-order chi connectivity index (χ1) is 10.3. The van der Waals surface area contributed by atoms with E-state index in [1.807, 2.05) is 0 Å². The van der Waals surface area contributed by atoms with Gasteiger partial charge in [-0.2, -0.15) is 0 Å². The molecule has 1 aliphatic rings. The van der Waals surface area contributed by atoms with Crippen LogP contribution in [0, 0.1) is 0 Å². The van der Waals surface area contributed by atoms with Gasteiger partial charge < -0.3 is 18.9 Å². The van der Waals surface area contributed by atoms with Crippen LogP contribution in [0.25, 0.3) is 0 Å². The number of esters is 3. The molecule has 0 aromatic rings. The molecule has 22 heavy (non-hydrogen) atoms. The van der Waals surface area contributed by atoms with Crippen LogP contribution >= 0.6 is 0 Å². The van der Waals surface area contributed by atoms with E-state index in [-0.39, 0.29) is 12.7 Å². The number of hydrogen-bond donors (Lipinski definition) is 0. The largest absolute Gasteiger partial charge is 0.463 e. The lowest BCUT2D eigenvalue weighted by Crippen LogP contribution is -2.53. The second kappa shape index (κ2) is 8.53. The van der Waals surface area contributed by atoms with Crippen LogP contribution in [0.2, 0.25) is 0 Å². The lowest BCUT2D eigenvalue weighted by atomic mass is 9.96. The van der Waals surface area contributed by atoms with Crippen molar-refractivity contribution in [2.75, 3.05) is 6.61 Å². The molecule has 0 aromatic heterocycles. The summed E-state index contributed by atoms with van der Waals surface area (Å²) in [6.45, 7) is 7.37. The summed E-state index contributed by atoms with van der Waals surface area (Å²) >= 11 is 0. The first-order valence-corrected chi connectivity index (χ1v) is 7.07. The third-order valence-corrected chi connectivity index (χ3v) is 3.10. The van der Waals surface area contributed by atoms with Gasteiger partial charge in [0.1, 0.15) is 18.8 Å². The van der Waals surface area contributed by atoms with Crippen LogP contribution in [0.3, 0.4) is 0 Å². The summed E-state index contributed by atoms with van der Waals surface area (Å²) in [6, 6.07) is 0. The van der Waals surface area contributed by atoms with Gasteiger partial charge in [-0.25, -0.2) is 0 Å². The lowest BCUT2D eigenvalue weighted by Gasteiger charge is -2.40. The van der Waals surface area contributed by atoms with E-state index >= 15 is 0 Å². The Balaban J connectivity index is 2.91. The van der Waals surface area contributed by atoms with Gasteiger partial charge in [0, 0.05) is 27.2 Å². The molecule has 0 amide bonds. The third kappa shape index (κ3) is 5.85. The minimum atomic E-state index is -0.818. The Kier molecular flexibility index (Phi) is 7.04. The van der Waals surface area contributed by atoms with Crippen molar-refractivity contribution in [3.8, 4) is 0 Å². The highest BCUT2D eigenvalue weighted by Gasteiger charge is 2.43. The van der Waals surface area contributed by atoms with Gasteiger partial charge in [0.05, 0.1) is 6.10 Å². The molecule has 7 heteroatoms. The van der Waals surface area contributed by atoms with E-state index in [2.05, 4.69) is 6.58 Å². The maximum absolute atomic E-state index is 11.3. The predicted molar refractivity (Wildman–Crippen MR) is 75.8 cm³/mol. The fourth-order valence-electron chi connectivity index (χ4n) is 2.36. The average molecular weight is 314 g/mol. The second-order valence-electron chi connectivity index (χ2n) is 5.08. The zero-order valence-electron chi connectivity index (χ0n) is 13.1. The zero-order chi connectivity index (χ0) is 16.7. The number of hydrogen-bond acceptors (Lipinski definition) is 7. The van der Waals surface area contributed by atoms with Crippen LogP contribution in [0.15, 0.2) is 12.7 Å². The molecule has 124 valence electrons. The topological polar surface area (TPSA) is 88.1 Å². The van der Waals surface area contributed by atoms with Crippen molar-refractivity contribution in [3.63, 3.8) is 0 Å². The monoisotopic (exact) mass is 314 g/mol. The second-order valence-corrected chi connectivity index (χ2v) is 5.08. The van der Waals surface area contributed by atoms with Gasteiger partial charge in [-0.1, -0.05) is 6.08 Å². The van der Waals surface area contributed by atoms with Crippen LogP contribution in [0.1, 0.15) is 33.6 Å². The fraction of sp³-hybridized carbons (Fsp3) is 0.667. The number of ether oxygens (including phenoxy) is 4. The highest BCUT2D eigenvalue weighted by atomic mass is 16.6. The molecular weight excluding hydrogens is 292 g/mol. The van der Waals surface area contributed by atoms with E-state index in [4.69, 9.17) is 18.9 Å².